The average Bonchev–Trinajstić information content (AvgIpc) is 2.99. The van der Waals surface area contributed by atoms with E-state index in [9.17, 15) is 0 Å². The lowest BCUT2D eigenvalue weighted by Gasteiger charge is -2.06. The number of nitrogens with one attached hydrogen (secondary N) is 1. The molecule has 3 rings (SSSR count). The number of rotatable bonds is 4. The molecule has 4 nitrogen and oxygen atoms in total. The molecule has 0 saturated carbocycles. The molecule has 19 heavy (non-hydrogen) atoms. The Hall–Kier alpha value is -2.07. The normalized spacial score (nSPS) is 11.3. The molecule has 0 unspecified atom stereocenters. The largest absolute Gasteiger partial charge is 0.343 e. The highest BCUT2D eigenvalue weighted by Crippen LogP contribution is 2.21. The summed E-state index contributed by atoms with van der Waals surface area (Å²) in [6, 6.07) is 8.66. The second-order valence-electron chi connectivity index (χ2n) is 4.85. The summed E-state index contributed by atoms with van der Waals surface area (Å²) in [5.74, 6) is 0. The van der Waals surface area contributed by atoms with Gasteiger partial charge in [0.25, 0.3) is 0 Å². The number of benzene rings is 1. The molecule has 2 aromatic heterocycles. The van der Waals surface area contributed by atoms with Crippen LogP contribution in [0.5, 0.6) is 0 Å². The van der Waals surface area contributed by atoms with Gasteiger partial charge in [-0.15, -0.1) is 0 Å². The molecule has 0 saturated heterocycles. The Balaban J connectivity index is 1.98. The van der Waals surface area contributed by atoms with Crippen LogP contribution in [0.3, 0.4) is 0 Å². The van der Waals surface area contributed by atoms with E-state index < -0.39 is 0 Å². The zero-order valence-electron chi connectivity index (χ0n) is 11.3. The van der Waals surface area contributed by atoms with Crippen molar-refractivity contribution in [3.05, 3.63) is 54.0 Å². The molecule has 1 aromatic carbocycles. The van der Waals surface area contributed by atoms with Crippen molar-refractivity contribution in [2.24, 2.45) is 7.05 Å². The molecule has 98 valence electrons. The van der Waals surface area contributed by atoms with Gasteiger partial charge in [-0.05, 0) is 24.7 Å². The van der Waals surface area contributed by atoms with E-state index in [1.165, 1.54) is 22.0 Å². The van der Waals surface area contributed by atoms with Crippen molar-refractivity contribution in [2.75, 3.05) is 7.05 Å². The zero-order valence-corrected chi connectivity index (χ0v) is 11.3. The van der Waals surface area contributed by atoms with Crippen LogP contribution in [0, 0.1) is 0 Å². The van der Waals surface area contributed by atoms with Crippen LogP contribution in [-0.2, 0) is 20.1 Å². The predicted molar refractivity (Wildman–Crippen MR) is 77.0 cm³/mol. The molecule has 0 spiro atoms. The summed E-state index contributed by atoms with van der Waals surface area (Å²) in [4.78, 5) is 0. The quantitative estimate of drug-likeness (QED) is 0.774. The summed E-state index contributed by atoms with van der Waals surface area (Å²) in [5.41, 5.74) is 3.83. The Morgan fingerprint density at radius 3 is 2.89 bits per heavy atom. The molecule has 0 aliphatic heterocycles. The molecule has 0 atom stereocenters. The third-order valence-electron chi connectivity index (χ3n) is 3.38. The number of nitrogens with zero attached hydrogens (tertiary/aromatic N) is 3. The predicted octanol–water partition coefficient (Wildman–Crippen LogP) is 2.14. The van der Waals surface area contributed by atoms with Gasteiger partial charge in [-0.1, -0.05) is 12.1 Å². The summed E-state index contributed by atoms with van der Waals surface area (Å²) in [5, 5.41) is 8.75. The first kappa shape index (κ1) is 12.0. The van der Waals surface area contributed by atoms with Crippen molar-refractivity contribution >= 4 is 10.9 Å². The van der Waals surface area contributed by atoms with Crippen LogP contribution in [-0.4, -0.2) is 21.4 Å². The topological polar surface area (TPSA) is 34.8 Å². The van der Waals surface area contributed by atoms with Gasteiger partial charge in [-0.3, -0.25) is 4.68 Å². The minimum atomic E-state index is 0.861. The lowest BCUT2D eigenvalue weighted by atomic mass is 10.1. The maximum Gasteiger partial charge on any atom is 0.0539 e. The Bertz CT molecular complexity index is 693. The van der Waals surface area contributed by atoms with Gasteiger partial charge in [0.1, 0.15) is 0 Å². The number of hydrogen-bond donors (Lipinski definition) is 1. The number of fused-ring (bicyclic) bond motifs is 1. The smallest absolute Gasteiger partial charge is 0.0539 e. The van der Waals surface area contributed by atoms with Crippen LogP contribution in [0.4, 0.5) is 0 Å². The minimum Gasteiger partial charge on any atom is -0.343 e. The highest BCUT2D eigenvalue weighted by Gasteiger charge is 2.06. The van der Waals surface area contributed by atoms with Gasteiger partial charge in [0.05, 0.1) is 12.7 Å². The molecule has 0 fully saturated rings. The van der Waals surface area contributed by atoms with Gasteiger partial charge in [0.2, 0.25) is 0 Å². The SMILES string of the molecule is CNCc1cccc2c1ccn2Cc1cnn(C)c1. The average molecular weight is 254 g/mol. The maximum atomic E-state index is 4.22. The molecule has 0 radical (unpaired) electrons. The number of hydrogen-bond acceptors (Lipinski definition) is 2. The summed E-state index contributed by atoms with van der Waals surface area (Å²) in [6.45, 7) is 1.76. The molecule has 1 N–H and O–H groups in total. The fourth-order valence-electron chi connectivity index (χ4n) is 2.52. The van der Waals surface area contributed by atoms with Crippen LogP contribution in [0.1, 0.15) is 11.1 Å². The van der Waals surface area contributed by atoms with Crippen LogP contribution in [0.15, 0.2) is 42.9 Å². The Morgan fingerprint density at radius 1 is 1.26 bits per heavy atom. The van der Waals surface area contributed by atoms with Crippen LogP contribution >= 0.6 is 0 Å². The van der Waals surface area contributed by atoms with E-state index in [2.05, 4.69) is 51.6 Å². The Kier molecular flexibility index (Phi) is 3.09. The highest BCUT2D eigenvalue weighted by atomic mass is 15.2. The second kappa shape index (κ2) is 4.90. The number of aryl methyl sites for hydroxylation is 1. The van der Waals surface area contributed by atoms with Gasteiger partial charge < -0.3 is 9.88 Å². The third-order valence-corrected chi connectivity index (χ3v) is 3.38. The molecule has 2 heterocycles. The fraction of sp³-hybridized carbons (Fsp3) is 0.267. The van der Waals surface area contributed by atoms with Crippen molar-refractivity contribution < 1.29 is 0 Å². The summed E-state index contributed by atoms with van der Waals surface area (Å²) >= 11 is 0. The Labute approximate surface area is 112 Å². The van der Waals surface area contributed by atoms with Gasteiger partial charge in [-0.25, -0.2) is 0 Å². The molecule has 3 aromatic rings. The summed E-state index contributed by atoms with van der Waals surface area (Å²) < 4.78 is 4.11. The number of aromatic nitrogens is 3. The van der Waals surface area contributed by atoms with Crippen molar-refractivity contribution in [3.8, 4) is 0 Å². The van der Waals surface area contributed by atoms with E-state index in [4.69, 9.17) is 0 Å². The lowest BCUT2D eigenvalue weighted by molar-refractivity contribution is 0.764. The zero-order chi connectivity index (χ0) is 13.2. The van der Waals surface area contributed by atoms with E-state index in [1.54, 1.807) is 0 Å². The molecule has 0 amide bonds. The molecule has 0 aliphatic carbocycles. The molecular weight excluding hydrogens is 236 g/mol. The van der Waals surface area contributed by atoms with Gasteiger partial charge >= 0.3 is 0 Å². The van der Waals surface area contributed by atoms with Crippen molar-refractivity contribution in [1.82, 2.24) is 19.7 Å². The monoisotopic (exact) mass is 254 g/mol. The van der Waals surface area contributed by atoms with Crippen molar-refractivity contribution in [2.45, 2.75) is 13.1 Å². The summed E-state index contributed by atoms with van der Waals surface area (Å²) in [6.07, 6.45) is 6.13. The Morgan fingerprint density at radius 2 is 2.16 bits per heavy atom. The molecule has 4 heteroatoms. The van der Waals surface area contributed by atoms with Gasteiger partial charge in [-0.2, -0.15) is 5.10 Å². The third kappa shape index (κ3) is 2.27. The summed E-state index contributed by atoms with van der Waals surface area (Å²) in [7, 11) is 3.92. The van der Waals surface area contributed by atoms with E-state index in [1.807, 2.05) is 25.0 Å². The van der Waals surface area contributed by atoms with E-state index in [0.717, 1.165) is 13.1 Å². The fourth-order valence-corrected chi connectivity index (χ4v) is 2.52. The highest BCUT2D eigenvalue weighted by molar-refractivity contribution is 5.83. The molecule has 0 bridgehead atoms. The van der Waals surface area contributed by atoms with Crippen LogP contribution in [0.25, 0.3) is 10.9 Å². The van der Waals surface area contributed by atoms with Crippen molar-refractivity contribution in [3.63, 3.8) is 0 Å². The minimum absolute atomic E-state index is 0.861. The van der Waals surface area contributed by atoms with Crippen LogP contribution < -0.4 is 5.32 Å². The first-order valence-electron chi connectivity index (χ1n) is 6.47. The van der Waals surface area contributed by atoms with E-state index in [-0.39, 0.29) is 0 Å². The maximum absolute atomic E-state index is 4.22. The van der Waals surface area contributed by atoms with E-state index in [0.29, 0.717) is 0 Å². The molecule has 0 aliphatic rings. The standard InChI is InChI=1S/C15H18N4/c1-16-9-13-4-3-5-15-14(13)6-7-19(15)11-12-8-17-18(2)10-12/h3-8,10,16H,9,11H2,1-2H3. The lowest BCUT2D eigenvalue weighted by Crippen LogP contribution is -2.05. The first-order valence-corrected chi connectivity index (χ1v) is 6.47. The van der Waals surface area contributed by atoms with E-state index >= 15 is 0 Å². The van der Waals surface area contributed by atoms with Crippen LogP contribution in [0.2, 0.25) is 0 Å². The first-order chi connectivity index (χ1) is 9.28. The second-order valence-corrected chi connectivity index (χ2v) is 4.85. The van der Waals surface area contributed by atoms with Gasteiger partial charge in [0.15, 0.2) is 0 Å². The van der Waals surface area contributed by atoms with Gasteiger partial charge in [0, 0.05) is 42.5 Å². The molecular formula is C15H18N4. The van der Waals surface area contributed by atoms with Crippen molar-refractivity contribution in [1.29, 1.82) is 0 Å².